The van der Waals surface area contributed by atoms with E-state index in [1.807, 2.05) is 0 Å². The van der Waals surface area contributed by atoms with E-state index in [1.165, 1.54) is 0 Å². The Morgan fingerprint density at radius 1 is 1.53 bits per heavy atom. The molecule has 0 bridgehead atoms. The average Bonchev–Trinajstić information content (AvgIpc) is 2.74. The molecule has 0 saturated carbocycles. The van der Waals surface area contributed by atoms with Gasteiger partial charge < -0.3 is 10.1 Å². The molecule has 0 aromatic heterocycles. The van der Waals surface area contributed by atoms with Crippen LogP contribution in [-0.2, 0) is 9.53 Å². The molecule has 1 rings (SSSR count). The number of alkyl halides is 1. The number of hydrogen-bond acceptors (Lipinski definition) is 2. The molecule has 3 nitrogen and oxygen atoms in total. The van der Waals surface area contributed by atoms with Crippen LogP contribution in [0.2, 0.25) is 0 Å². The molecule has 1 amide bonds. The average molecular weight is 262 g/mol. The number of hydrogen-bond donors (Lipinski definition) is 1. The first-order valence-corrected chi connectivity index (χ1v) is 6.99. The smallest absolute Gasteiger partial charge is 0.225 e. The van der Waals surface area contributed by atoms with Gasteiger partial charge in [-0.2, -0.15) is 0 Å². The van der Waals surface area contributed by atoms with Gasteiger partial charge in [0.1, 0.15) is 0 Å². The van der Waals surface area contributed by atoms with E-state index in [4.69, 9.17) is 16.3 Å². The van der Waals surface area contributed by atoms with Crippen molar-refractivity contribution in [2.75, 3.05) is 19.0 Å². The van der Waals surface area contributed by atoms with Crippen molar-refractivity contribution in [1.29, 1.82) is 0 Å². The predicted octanol–water partition coefficient (Wildman–Crippen LogP) is 2.57. The van der Waals surface area contributed by atoms with Crippen LogP contribution in [0.25, 0.3) is 0 Å². The van der Waals surface area contributed by atoms with Crippen molar-refractivity contribution in [2.45, 2.75) is 46.1 Å². The van der Waals surface area contributed by atoms with Crippen molar-refractivity contribution in [2.24, 2.45) is 11.3 Å². The summed E-state index contributed by atoms with van der Waals surface area (Å²) in [5, 5.41) is 3.04. The fourth-order valence-electron chi connectivity index (χ4n) is 2.15. The molecule has 1 aliphatic rings. The van der Waals surface area contributed by atoms with E-state index in [1.54, 1.807) is 0 Å². The molecule has 2 atom stereocenters. The number of halogens is 1. The fraction of sp³-hybridized carbons (Fsp3) is 0.923. The first-order valence-electron chi connectivity index (χ1n) is 6.45. The molecule has 1 aliphatic heterocycles. The lowest BCUT2D eigenvalue weighted by Gasteiger charge is -2.25. The summed E-state index contributed by atoms with van der Waals surface area (Å²) in [4.78, 5) is 12.0. The lowest BCUT2D eigenvalue weighted by Crippen LogP contribution is -2.40. The van der Waals surface area contributed by atoms with Gasteiger partial charge in [-0.1, -0.05) is 20.8 Å². The van der Waals surface area contributed by atoms with Crippen LogP contribution in [-0.4, -0.2) is 31.0 Å². The molecule has 17 heavy (non-hydrogen) atoms. The molecule has 0 aliphatic carbocycles. The quantitative estimate of drug-likeness (QED) is 0.747. The van der Waals surface area contributed by atoms with E-state index < -0.39 is 0 Å². The van der Waals surface area contributed by atoms with Crippen molar-refractivity contribution in [3.05, 3.63) is 0 Å². The summed E-state index contributed by atoms with van der Waals surface area (Å²) in [6, 6.07) is 0. The van der Waals surface area contributed by atoms with Gasteiger partial charge in [0.25, 0.3) is 0 Å². The Labute approximate surface area is 109 Å². The van der Waals surface area contributed by atoms with Gasteiger partial charge in [-0.25, -0.2) is 0 Å². The Morgan fingerprint density at radius 2 is 2.24 bits per heavy atom. The highest BCUT2D eigenvalue weighted by Crippen LogP contribution is 2.24. The van der Waals surface area contributed by atoms with E-state index in [0.29, 0.717) is 19.0 Å². The number of rotatable bonds is 6. The van der Waals surface area contributed by atoms with Crippen molar-refractivity contribution in [3.63, 3.8) is 0 Å². The van der Waals surface area contributed by atoms with Crippen LogP contribution in [0.15, 0.2) is 0 Å². The van der Waals surface area contributed by atoms with Crippen molar-refractivity contribution < 1.29 is 9.53 Å². The van der Waals surface area contributed by atoms with Crippen LogP contribution >= 0.6 is 11.6 Å². The Hall–Kier alpha value is -0.280. The molecular formula is C13H24ClNO2. The molecule has 0 aromatic rings. The lowest BCUT2D eigenvalue weighted by atomic mass is 9.89. The number of carbonyl (C=O) groups excluding carboxylic acids is 1. The third-order valence-corrected chi connectivity index (χ3v) is 3.65. The minimum absolute atomic E-state index is 0.0341. The summed E-state index contributed by atoms with van der Waals surface area (Å²) < 4.78 is 5.53. The van der Waals surface area contributed by atoms with E-state index in [2.05, 4.69) is 26.1 Å². The van der Waals surface area contributed by atoms with E-state index in [0.717, 1.165) is 19.3 Å². The van der Waals surface area contributed by atoms with E-state index >= 15 is 0 Å². The number of nitrogens with one attached hydrogen (secondary N) is 1. The molecule has 1 saturated heterocycles. The van der Waals surface area contributed by atoms with Gasteiger partial charge in [0.2, 0.25) is 5.91 Å². The second-order valence-electron chi connectivity index (χ2n) is 5.53. The Morgan fingerprint density at radius 3 is 2.82 bits per heavy atom. The Bertz CT molecular complexity index is 256. The fourth-order valence-corrected chi connectivity index (χ4v) is 2.66. The number of ether oxygens (including phenoxy) is 1. The van der Waals surface area contributed by atoms with Crippen molar-refractivity contribution >= 4 is 17.5 Å². The summed E-state index contributed by atoms with van der Waals surface area (Å²) in [5.41, 5.74) is 0.0680. The summed E-state index contributed by atoms with van der Waals surface area (Å²) in [6.45, 7) is 7.71. The number of carbonyl (C=O) groups is 1. The van der Waals surface area contributed by atoms with Crippen molar-refractivity contribution in [3.8, 4) is 0 Å². The van der Waals surface area contributed by atoms with E-state index in [9.17, 15) is 4.79 Å². The molecule has 1 N–H and O–H groups in total. The zero-order valence-electron chi connectivity index (χ0n) is 11.1. The van der Waals surface area contributed by atoms with Crippen molar-refractivity contribution in [1.82, 2.24) is 5.32 Å². The first-order chi connectivity index (χ1) is 8.00. The zero-order chi connectivity index (χ0) is 12.9. The summed E-state index contributed by atoms with van der Waals surface area (Å²) in [5.74, 6) is 0.802. The van der Waals surface area contributed by atoms with Gasteiger partial charge in [0, 0.05) is 19.0 Å². The van der Waals surface area contributed by atoms with Gasteiger partial charge in [0.15, 0.2) is 0 Å². The third kappa shape index (κ3) is 4.47. The van der Waals surface area contributed by atoms with Crippen LogP contribution in [0.3, 0.4) is 0 Å². The Balaban J connectivity index is 2.39. The zero-order valence-corrected chi connectivity index (χ0v) is 11.8. The molecule has 1 fully saturated rings. The second-order valence-corrected chi connectivity index (χ2v) is 5.91. The van der Waals surface area contributed by atoms with Gasteiger partial charge in [-0.05, 0) is 24.7 Å². The SMILES string of the molecule is CCC1OCCC1C(=O)NCC(C)(C)CCCl. The standard InChI is InChI=1S/C13H24ClNO2/c1-4-11-10(5-8-17-11)12(16)15-9-13(2,3)6-7-14/h10-11H,4-9H2,1-3H3,(H,15,16). The summed E-state index contributed by atoms with van der Waals surface area (Å²) >= 11 is 5.74. The predicted molar refractivity (Wildman–Crippen MR) is 70.3 cm³/mol. The van der Waals surface area contributed by atoms with Crippen LogP contribution in [0, 0.1) is 11.3 Å². The van der Waals surface area contributed by atoms with E-state index in [-0.39, 0.29) is 23.3 Å². The summed E-state index contributed by atoms with van der Waals surface area (Å²) in [6.07, 6.45) is 2.77. The third-order valence-electron chi connectivity index (χ3n) is 3.46. The van der Waals surface area contributed by atoms with Crippen LogP contribution in [0.4, 0.5) is 0 Å². The topological polar surface area (TPSA) is 38.3 Å². The van der Waals surface area contributed by atoms with Crippen LogP contribution in [0.1, 0.15) is 40.0 Å². The van der Waals surface area contributed by atoms with Gasteiger partial charge in [-0.15, -0.1) is 11.6 Å². The lowest BCUT2D eigenvalue weighted by molar-refractivity contribution is -0.127. The van der Waals surface area contributed by atoms with Crippen LogP contribution in [0.5, 0.6) is 0 Å². The largest absolute Gasteiger partial charge is 0.377 e. The highest BCUT2D eigenvalue weighted by molar-refractivity contribution is 6.17. The first kappa shape index (κ1) is 14.8. The maximum atomic E-state index is 12.0. The minimum atomic E-state index is 0.0341. The molecule has 4 heteroatoms. The highest BCUT2D eigenvalue weighted by atomic mass is 35.5. The highest BCUT2D eigenvalue weighted by Gasteiger charge is 2.33. The number of amides is 1. The minimum Gasteiger partial charge on any atom is -0.377 e. The molecule has 100 valence electrons. The van der Waals surface area contributed by atoms with Gasteiger partial charge in [0.05, 0.1) is 12.0 Å². The molecule has 2 unspecified atom stereocenters. The second kappa shape index (κ2) is 6.60. The maximum absolute atomic E-state index is 12.0. The maximum Gasteiger partial charge on any atom is 0.225 e. The molecule has 0 radical (unpaired) electrons. The molecular weight excluding hydrogens is 238 g/mol. The molecule has 0 spiro atoms. The van der Waals surface area contributed by atoms with Gasteiger partial charge >= 0.3 is 0 Å². The van der Waals surface area contributed by atoms with Crippen LogP contribution < -0.4 is 5.32 Å². The normalized spacial score (nSPS) is 24.9. The molecule has 0 aromatic carbocycles. The summed E-state index contributed by atoms with van der Waals surface area (Å²) in [7, 11) is 0. The van der Waals surface area contributed by atoms with Gasteiger partial charge in [-0.3, -0.25) is 4.79 Å². The monoisotopic (exact) mass is 261 g/mol. The Kier molecular flexibility index (Phi) is 5.74. The molecule has 1 heterocycles.